The molecular weight excluding hydrogens is 330 g/mol. The Morgan fingerprint density at radius 1 is 1.13 bits per heavy atom. The first kappa shape index (κ1) is 16.7. The van der Waals surface area contributed by atoms with E-state index in [2.05, 4.69) is 34.0 Å². The standard InChI is InChI=1S/C15H21N5OS2/c1-3-7-22-14-12-13(16-15(17-14)23-8-4-2)19-20(18-12)10-5-6-11(21)9-10/h5-6,10-11,21H,3-4,7-9H2,1-2H3/t10?,11-/m1/s1. The predicted molar refractivity (Wildman–Crippen MR) is 93.9 cm³/mol. The molecule has 124 valence electrons. The Labute approximate surface area is 144 Å². The molecule has 0 saturated carbocycles. The van der Waals surface area contributed by atoms with Gasteiger partial charge in [-0.3, -0.25) is 0 Å². The van der Waals surface area contributed by atoms with Gasteiger partial charge in [-0.2, -0.15) is 9.78 Å². The minimum atomic E-state index is -0.412. The van der Waals surface area contributed by atoms with Crippen LogP contribution in [0.4, 0.5) is 0 Å². The zero-order valence-electron chi connectivity index (χ0n) is 13.3. The number of allylic oxidation sites excluding steroid dienone is 1. The van der Waals surface area contributed by atoms with Crippen LogP contribution < -0.4 is 0 Å². The number of aliphatic hydroxyl groups excluding tert-OH is 1. The molecule has 0 bridgehead atoms. The van der Waals surface area contributed by atoms with Gasteiger partial charge in [0.15, 0.2) is 10.7 Å². The van der Waals surface area contributed by atoms with E-state index in [0.29, 0.717) is 12.1 Å². The Balaban J connectivity index is 1.95. The van der Waals surface area contributed by atoms with Gasteiger partial charge in [0.05, 0.1) is 12.1 Å². The quantitative estimate of drug-likeness (QED) is 0.355. The number of aromatic nitrogens is 5. The summed E-state index contributed by atoms with van der Waals surface area (Å²) in [6.07, 6.45) is 6.11. The highest BCUT2D eigenvalue weighted by Gasteiger charge is 2.22. The molecule has 23 heavy (non-hydrogen) atoms. The fourth-order valence-electron chi connectivity index (χ4n) is 2.32. The van der Waals surface area contributed by atoms with Crippen LogP contribution in [0.25, 0.3) is 11.2 Å². The van der Waals surface area contributed by atoms with E-state index in [-0.39, 0.29) is 6.04 Å². The van der Waals surface area contributed by atoms with E-state index in [1.807, 2.05) is 6.08 Å². The van der Waals surface area contributed by atoms with Gasteiger partial charge >= 0.3 is 0 Å². The molecule has 0 fully saturated rings. The van der Waals surface area contributed by atoms with Crippen molar-refractivity contribution in [2.45, 2.75) is 55.4 Å². The van der Waals surface area contributed by atoms with Crippen LogP contribution in [-0.2, 0) is 0 Å². The molecule has 1 unspecified atom stereocenters. The van der Waals surface area contributed by atoms with Gasteiger partial charge in [-0.25, -0.2) is 4.98 Å². The molecule has 2 aromatic rings. The molecule has 0 aliphatic heterocycles. The summed E-state index contributed by atoms with van der Waals surface area (Å²) in [5, 5.41) is 20.5. The topological polar surface area (TPSA) is 76.7 Å². The van der Waals surface area contributed by atoms with Gasteiger partial charge in [0.1, 0.15) is 5.03 Å². The fraction of sp³-hybridized carbons (Fsp3) is 0.600. The first-order chi connectivity index (χ1) is 11.2. The van der Waals surface area contributed by atoms with Crippen LogP contribution in [0.2, 0.25) is 0 Å². The largest absolute Gasteiger partial charge is 0.389 e. The first-order valence-corrected chi connectivity index (χ1v) is 9.95. The maximum atomic E-state index is 9.66. The van der Waals surface area contributed by atoms with Gasteiger partial charge in [-0.15, -0.1) is 22.0 Å². The lowest BCUT2D eigenvalue weighted by atomic mass is 10.2. The minimum absolute atomic E-state index is 0.00466. The van der Waals surface area contributed by atoms with Crippen LogP contribution in [0.3, 0.4) is 0 Å². The molecule has 6 nitrogen and oxygen atoms in total. The van der Waals surface area contributed by atoms with Gasteiger partial charge in [0, 0.05) is 12.2 Å². The number of fused-ring (bicyclic) bond motifs is 1. The molecule has 2 atom stereocenters. The molecule has 0 amide bonds. The molecule has 2 aromatic heterocycles. The van der Waals surface area contributed by atoms with Crippen molar-refractivity contribution in [2.75, 3.05) is 11.5 Å². The van der Waals surface area contributed by atoms with Crippen LogP contribution in [0.15, 0.2) is 22.3 Å². The highest BCUT2D eigenvalue weighted by atomic mass is 32.2. The van der Waals surface area contributed by atoms with E-state index < -0.39 is 6.10 Å². The molecule has 0 radical (unpaired) electrons. The molecule has 3 rings (SSSR count). The fourth-order valence-corrected chi connectivity index (χ4v) is 3.89. The number of hydrogen-bond acceptors (Lipinski definition) is 7. The molecule has 1 aliphatic carbocycles. The summed E-state index contributed by atoms with van der Waals surface area (Å²) in [5.74, 6) is 1.99. The minimum Gasteiger partial charge on any atom is -0.389 e. The van der Waals surface area contributed by atoms with Crippen molar-refractivity contribution >= 4 is 34.7 Å². The van der Waals surface area contributed by atoms with Gasteiger partial charge < -0.3 is 5.11 Å². The van der Waals surface area contributed by atoms with Crippen LogP contribution >= 0.6 is 23.5 Å². The average molecular weight is 352 g/mol. The summed E-state index contributed by atoms with van der Waals surface area (Å²) in [7, 11) is 0. The van der Waals surface area contributed by atoms with Crippen molar-refractivity contribution in [2.24, 2.45) is 0 Å². The second-order valence-corrected chi connectivity index (χ2v) is 7.60. The van der Waals surface area contributed by atoms with Crippen molar-refractivity contribution in [3.8, 4) is 0 Å². The van der Waals surface area contributed by atoms with Gasteiger partial charge in [-0.1, -0.05) is 37.8 Å². The Morgan fingerprint density at radius 3 is 2.61 bits per heavy atom. The lowest BCUT2D eigenvalue weighted by molar-refractivity contribution is 0.205. The third kappa shape index (κ3) is 3.87. The molecule has 0 aromatic carbocycles. The molecule has 0 spiro atoms. The molecule has 8 heteroatoms. The molecule has 2 heterocycles. The maximum Gasteiger partial charge on any atom is 0.207 e. The first-order valence-electron chi connectivity index (χ1n) is 7.97. The summed E-state index contributed by atoms with van der Waals surface area (Å²) in [5.41, 5.74) is 1.41. The van der Waals surface area contributed by atoms with Crippen molar-refractivity contribution in [1.82, 2.24) is 25.0 Å². The van der Waals surface area contributed by atoms with E-state index in [1.165, 1.54) is 0 Å². The monoisotopic (exact) mass is 351 g/mol. The smallest absolute Gasteiger partial charge is 0.207 e. The summed E-state index contributed by atoms with van der Waals surface area (Å²) >= 11 is 3.36. The predicted octanol–water partition coefficient (Wildman–Crippen LogP) is 3.09. The van der Waals surface area contributed by atoms with Gasteiger partial charge in [0.25, 0.3) is 0 Å². The summed E-state index contributed by atoms with van der Waals surface area (Å²) in [6.45, 7) is 4.30. The van der Waals surface area contributed by atoms with Crippen molar-refractivity contribution in [3.63, 3.8) is 0 Å². The zero-order valence-corrected chi connectivity index (χ0v) is 15.0. The third-order valence-corrected chi connectivity index (χ3v) is 5.65. The van der Waals surface area contributed by atoms with E-state index >= 15 is 0 Å². The van der Waals surface area contributed by atoms with E-state index in [9.17, 15) is 5.11 Å². The number of aliphatic hydroxyl groups is 1. The maximum absolute atomic E-state index is 9.66. The second-order valence-electron chi connectivity index (χ2n) is 5.46. The summed E-state index contributed by atoms with van der Waals surface area (Å²) in [6, 6.07) is -0.00466. The Hall–Kier alpha value is -1.12. The summed E-state index contributed by atoms with van der Waals surface area (Å²) < 4.78 is 0. The Kier molecular flexibility index (Phi) is 5.55. The average Bonchev–Trinajstić information content (AvgIpc) is 3.16. The molecule has 1 aliphatic rings. The van der Waals surface area contributed by atoms with Gasteiger partial charge in [-0.05, 0) is 18.6 Å². The molecular formula is C15H21N5OS2. The normalized spacial score (nSPS) is 20.7. The van der Waals surface area contributed by atoms with Crippen LogP contribution in [0, 0.1) is 0 Å². The lowest BCUT2D eigenvalue weighted by Crippen LogP contribution is -2.11. The van der Waals surface area contributed by atoms with Crippen LogP contribution in [-0.4, -0.2) is 47.7 Å². The third-order valence-electron chi connectivity index (χ3n) is 3.43. The van der Waals surface area contributed by atoms with E-state index in [1.54, 1.807) is 34.4 Å². The van der Waals surface area contributed by atoms with Crippen molar-refractivity contribution < 1.29 is 5.11 Å². The van der Waals surface area contributed by atoms with E-state index in [4.69, 9.17) is 0 Å². The van der Waals surface area contributed by atoms with Gasteiger partial charge in [0.2, 0.25) is 5.65 Å². The lowest BCUT2D eigenvalue weighted by Gasteiger charge is -2.06. The Bertz CT molecular complexity index is 702. The summed E-state index contributed by atoms with van der Waals surface area (Å²) in [4.78, 5) is 10.9. The SMILES string of the molecule is CCCSc1nc(SCCC)c2nn(C3C=C[C@@H](O)C3)nc2n1. The zero-order chi connectivity index (χ0) is 16.2. The number of hydrogen-bond donors (Lipinski definition) is 1. The number of nitrogens with zero attached hydrogens (tertiary/aromatic N) is 5. The highest BCUT2D eigenvalue weighted by Crippen LogP contribution is 2.29. The molecule has 0 saturated heterocycles. The number of thioether (sulfide) groups is 2. The van der Waals surface area contributed by atoms with Crippen molar-refractivity contribution in [3.05, 3.63) is 12.2 Å². The highest BCUT2D eigenvalue weighted by molar-refractivity contribution is 7.99. The second kappa shape index (κ2) is 7.63. The number of rotatable bonds is 7. The van der Waals surface area contributed by atoms with Crippen LogP contribution in [0.1, 0.15) is 39.2 Å². The molecule has 1 N–H and O–H groups in total. The Morgan fingerprint density at radius 2 is 1.91 bits per heavy atom. The van der Waals surface area contributed by atoms with E-state index in [0.717, 1.165) is 40.0 Å². The van der Waals surface area contributed by atoms with Crippen LogP contribution in [0.5, 0.6) is 0 Å². The van der Waals surface area contributed by atoms with Crippen molar-refractivity contribution in [1.29, 1.82) is 0 Å².